The quantitative estimate of drug-likeness (QED) is 0.476. The van der Waals surface area contributed by atoms with E-state index in [0.717, 1.165) is 49.4 Å². The van der Waals surface area contributed by atoms with Crippen LogP contribution in [0.15, 0.2) is 52.1 Å². The van der Waals surface area contributed by atoms with Crippen LogP contribution in [-0.4, -0.2) is 26.4 Å². The first-order valence-electron chi connectivity index (χ1n) is 10.00. The third-order valence-electron chi connectivity index (χ3n) is 5.63. The Balaban J connectivity index is 1.34. The molecule has 1 aliphatic rings. The molecular weight excluding hydrogens is 456 g/mol. The van der Waals surface area contributed by atoms with Gasteiger partial charge in [-0.3, -0.25) is 4.90 Å². The van der Waals surface area contributed by atoms with Gasteiger partial charge in [0.15, 0.2) is 0 Å². The van der Waals surface area contributed by atoms with Crippen molar-refractivity contribution in [3.63, 3.8) is 0 Å². The van der Waals surface area contributed by atoms with Gasteiger partial charge in [-0.15, -0.1) is 22.7 Å². The van der Waals surface area contributed by atoms with Crippen LogP contribution in [0.2, 0.25) is 4.34 Å². The van der Waals surface area contributed by atoms with E-state index in [4.69, 9.17) is 11.6 Å². The van der Waals surface area contributed by atoms with E-state index in [0.29, 0.717) is 10.3 Å². The molecule has 4 nitrogen and oxygen atoms in total. The Labute approximate surface area is 191 Å². The smallest absolute Gasteiger partial charge is 0.250 e. The highest BCUT2D eigenvalue weighted by molar-refractivity contribution is 7.91. The summed E-state index contributed by atoms with van der Waals surface area (Å²) in [6, 6.07) is 13.7. The van der Waals surface area contributed by atoms with Crippen molar-refractivity contribution in [1.29, 1.82) is 0 Å². The Morgan fingerprint density at radius 2 is 1.97 bits per heavy atom. The van der Waals surface area contributed by atoms with Crippen molar-refractivity contribution in [2.24, 2.45) is 0 Å². The number of nitrogens with one attached hydrogen (secondary N) is 1. The summed E-state index contributed by atoms with van der Waals surface area (Å²) in [5.41, 5.74) is 3.68. The third kappa shape index (κ3) is 5.33. The third-order valence-corrected chi connectivity index (χ3v) is 9.76. The van der Waals surface area contributed by atoms with Crippen molar-refractivity contribution in [2.75, 3.05) is 13.1 Å². The number of hydrogen-bond acceptors (Lipinski definition) is 5. The van der Waals surface area contributed by atoms with Crippen molar-refractivity contribution >= 4 is 44.3 Å². The number of hydrogen-bond donors (Lipinski definition) is 1. The van der Waals surface area contributed by atoms with Gasteiger partial charge < -0.3 is 0 Å². The maximum atomic E-state index is 12.4. The van der Waals surface area contributed by atoms with Crippen LogP contribution >= 0.6 is 34.3 Å². The predicted octanol–water partition coefficient (Wildman–Crippen LogP) is 5.63. The SMILES string of the molecule is Cc1ccsc1CN1CCC(c2cccc(CNS(=O)(=O)c3ccc(Cl)s3)c2)CC1. The molecule has 0 saturated carbocycles. The molecule has 1 saturated heterocycles. The predicted molar refractivity (Wildman–Crippen MR) is 126 cm³/mol. The zero-order valence-corrected chi connectivity index (χ0v) is 20.0. The van der Waals surface area contributed by atoms with Crippen LogP contribution in [0.5, 0.6) is 0 Å². The lowest BCUT2D eigenvalue weighted by Crippen LogP contribution is -2.32. The first-order chi connectivity index (χ1) is 14.4. The minimum Gasteiger partial charge on any atom is -0.298 e. The molecule has 0 spiro atoms. The van der Waals surface area contributed by atoms with Gasteiger partial charge in [0, 0.05) is 18.0 Å². The van der Waals surface area contributed by atoms with Gasteiger partial charge in [-0.25, -0.2) is 13.1 Å². The van der Waals surface area contributed by atoms with Gasteiger partial charge in [0.2, 0.25) is 10.0 Å². The second-order valence-electron chi connectivity index (χ2n) is 7.71. The van der Waals surface area contributed by atoms with Gasteiger partial charge in [-0.2, -0.15) is 0 Å². The molecule has 8 heteroatoms. The Hall–Kier alpha value is -1.22. The molecule has 1 N–H and O–H groups in total. The summed E-state index contributed by atoms with van der Waals surface area (Å²) >= 11 is 8.79. The van der Waals surface area contributed by atoms with Gasteiger partial charge in [0.05, 0.1) is 4.34 Å². The molecular formula is C22H25ClN2O2S3. The Bertz CT molecular complexity index is 1100. The zero-order chi connectivity index (χ0) is 21.1. The van der Waals surface area contributed by atoms with Crippen LogP contribution in [0.3, 0.4) is 0 Å². The summed E-state index contributed by atoms with van der Waals surface area (Å²) in [6.07, 6.45) is 2.26. The fraction of sp³-hybridized carbons (Fsp3) is 0.364. The maximum absolute atomic E-state index is 12.4. The Morgan fingerprint density at radius 3 is 2.63 bits per heavy atom. The second kappa shape index (κ2) is 9.51. The lowest BCUT2D eigenvalue weighted by Gasteiger charge is -2.32. The van der Waals surface area contributed by atoms with E-state index >= 15 is 0 Å². The van der Waals surface area contributed by atoms with E-state index in [-0.39, 0.29) is 10.8 Å². The number of halogens is 1. The van der Waals surface area contributed by atoms with Gasteiger partial charge in [0.25, 0.3) is 0 Å². The number of rotatable bonds is 7. The highest BCUT2D eigenvalue weighted by Crippen LogP contribution is 2.30. The topological polar surface area (TPSA) is 49.4 Å². The molecule has 0 unspecified atom stereocenters. The highest BCUT2D eigenvalue weighted by atomic mass is 35.5. The molecule has 4 rings (SSSR count). The van der Waals surface area contributed by atoms with Crippen molar-refractivity contribution in [1.82, 2.24) is 9.62 Å². The van der Waals surface area contributed by atoms with Crippen molar-refractivity contribution in [2.45, 2.75) is 43.0 Å². The van der Waals surface area contributed by atoms with Crippen LogP contribution in [0, 0.1) is 6.92 Å². The number of aryl methyl sites for hydroxylation is 1. The summed E-state index contributed by atoms with van der Waals surface area (Å²) in [5, 5.41) is 2.17. The number of benzene rings is 1. The van der Waals surface area contributed by atoms with E-state index in [1.807, 2.05) is 23.5 Å². The van der Waals surface area contributed by atoms with Gasteiger partial charge >= 0.3 is 0 Å². The second-order valence-corrected chi connectivity index (χ2v) is 12.4. The molecule has 0 radical (unpaired) electrons. The fourth-order valence-electron chi connectivity index (χ4n) is 3.84. The molecule has 160 valence electrons. The van der Waals surface area contributed by atoms with E-state index in [2.05, 4.69) is 40.1 Å². The van der Waals surface area contributed by atoms with Crippen LogP contribution < -0.4 is 4.72 Å². The molecule has 1 aliphatic heterocycles. The minimum atomic E-state index is -3.53. The molecule has 0 atom stereocenters. The van der Waals surface area contributed by atoms with Crippen LogP contribution in [0.25, 0.3) is 0 Å². The molecule has 1 aromatic carbocycles. The molecule has 1 fully saturated rings. The van der Waals surface area contributed by atoms with Crippen LogP contribution in [-0.2, 0) is 23.1 Å². The average Bonchev–Trinajstić information content (AvgIpc) is 3.36. The summed E-state index contributed by atoms with van der Waals surface area (Å²) in [7, 11) is -3.53. The molecule has 2 aromatic heterocycles. The highest BCUT2D eigenvalue weighted by Gasteiger charge is 2.22. The Kier molecular flexibility index (Phi) is 6.97. The molecule has 0 amide bonds. The van der Waals surface area contributed by atoms with Gasteiger partial charge in [-0.1, -0.05) is 35.9 Å². The summed E-state index contributed by atoms with van der Waals surface area (Å²) in [5.74, 6) is 0.526. The van der Waals surface area contributed by atoms with E-state index in [9.17, 15) is 8.42 Å². The first-order valence-corrected chi connectivity index (χ1v) is 13.6. The van der Waals surface area contributed by atoms with Gasteiger partial charge in [0.1, 0.15) is 4.21 Å². The summed E-state index contributed by atoms with van der Waals surface area (Å²) < 4.78 is 28.3. The first kappa shape index (κ1) is 22.0. The molecule has 3 heterocycles. The Morgan fingerprint density at radius 1 is 1.17 bits per heavy atom. The molecule has 3 aromatic rings. The number of likely N-dealkylation sites (tertiary alicyclic amines) is 1. The van der Waals surface area contributed by atoms with Crippen molar-refractivity contribution < 1.29 is 8.42 Å². The van der Waals surface area contributed by atoms with E-state index < -0.39 is 10.0 Å². The summed E-state index contributed by atoms with van der Waals surface area (Å²) in [6.45, 7) is 5.70. The van der Waals surface area contributed by atoms with E-state index in [1.54, 1.807) is 6.07 Å². The monoisotopic (exact) mass is 480 g/mol. The lowest BCUT2D eigenvalue weighted by atomic mass is 9.88. The minimum absolute atomic E-state index is 0.247. The van der Waals surface area contributed by atoms with Crippen molar-refractivity contribution in [3.05, 3.63) is 73.7 Å². The van der Waals surface area contributed by atoms with Gasteiger partial charge in [-0.05, 0) is 79.0 Å². The standard InChI is InChI=1S/C22H25ClN2O2S3/c1-16-9-12-28-20(16)15-25-10-7-18(8-11-25)19-4-2-3-17(13-19)14-24-30(26,27)22-6-5-21(23)29-22/h2-6,9,12-13,18,24H,7-8,10-11,14-15H2,1H3. The average molecular weight is 481 g/mol. The lowest BCUT2D eigenvalue weighted by molar-refractivity contribution is 0.206. The van der Waals surface area contributed by atoms with Crippen molar-refractivity contribution in [3.8, 4) is 0 Å². The fourth-order valence-corrected chi connectivity index (χ4v) is 7.33. The summed E-state index contributed by atoms with van der Waals surface area (Å²) in [4.78, 5) is 4.01. The van der Waals surface area contributed by atoms with E-state index in [1.165, 1.54) is 22.1 Å². The molecule has 30 heavy (non-hydrogen) atoms. The molecule has 0 bridgehead atoms. The number of sulfonamides is 1. The number of nitrogens with zero attached hydrogens (tertiary/aromatic N) is 1. The largest absolute Gasteiger partial charge is 0.298 e. The maximum Gasteiger partial charge on any atom is 0.250 e. The number of thiophene rings is 2. The normalized spacial score (nSPS) is 16.2. The van der Waals surface area contributed by atoms with Crippen LogP contribution in [0.4, 0.5) is 0 Å². The zero-order valence-electron chi connectivity index (χ0n) is 16.8. The molecule has 0 aliphatic carbocycles. The van der Waals surface area contributed by atoms with Crippen LogP contribution in [0.1, 0.15) is 40.3 Å². The number of piperidine rings is 1.